The normalized spacial score (nSPS) is 15.9. The van der Waals surface area contributed by atoms with Crippen molar-refractivity contribution >= 4 is 10.0 Å². The van der Waals surface area contributed by atoms with E-state index in [1.807, 2.05) is 0 Å². The van der Waals surface area contributed by atoms with Crippen molar-refractivity contribution in [3.63, 3.8) is 0 Å². The molecule has 1 aliphatic heterocycles. The lowest BCUT2D eigenvalue weighted by Crippen LogP contribution is -2.41. The maximum absolute atomic E-state index is 12.8. The number of methoxy groups -OCH3 is 1. The van der Waals surface area contributed by atoms with Crippen LogP contribution in [0.25, 0.3) is 5.82 Å². The Balaban J connectivity index is 1.35. The van der Waals surface area contributed by atoms with Crippen molar-refractivity contribution in [1.82, 2.24) is 24.3 Å². The SMILES string of the molecule is COc1ccc(S(=O)(=O)N2CCC(Oc3ccc(-n4cccn4)nn3)CC2)cc1. The first-order valence-corrected chi connectivity index (χ1v) is 10.6. The predicted octanol–water partition coefficient (Wildman–Crippen LogP) is 1.90. The molecule has 0 N–H and O–H groups in total. The van der Waals surface area contributed by atoms with Crippen LogP contribution in [-0.4, -0.2) is 59.0 Å². The van der Waals surface area contributed by atoms with E-state index in [9.17, 15) is 8.42 Å². The highest BCUT2D eigenvalue weighted by molar-refractivity contribution is 7.89. The summed E-state index contributed by atoms with van der Waals surface area (Å²) in [6.07, 6.45) is 4.50. The first-order chi connectivity index (χ1) is 14.1. The molecule has 0 amide bonds. The van der Waals surface area contributed by atoms with Gasteiger partial charge in [0, 0.05) is 31.5 Å². The lowest BCUT2D eigenvalue weighted by Gasteiger charge is -2.31. The zero-order valence-corrected chi connectivity index (χ0v) is 16.7. The van der Waals surface area contributed by atoms with E-state index in [0.29, 0.717) is 43.4 Å². The largest absolute Gasteiger partial charge is 0.497 e. The fourth-order valence-electron chi connectivity index (χ4n) is 3.16. The van der Waals surface area contributed by atoms with Crippen LogP contribution in [0, 0.1) is 0 Å². The van der Waals surface area contributed by atoms with Gasteiger partial charge in [-0.05, 0) is 49.2 Å². The monoisotopic (exact) mass is 415 g/mol. The van der Waals surface area contributed by atoms with Crippen molar-refractivity contribution in [3.8, 4) is 17.4 Å². The Hall–Kier alpha value is -2.98. The van der Waals surface area contributed by atoms with Crippen LogP contribution in [0.5, 0.6) is 11.6 Å². The number of hydrogen-bond donors (Lipinski definition) is 0. The Bertz CT molecular complexity index is 1030. The zero-order chi connectivity index (χ0) is 20.3. The molecule has 0 saturated carbocycles. The summed E-state index contributed by atoms with van der Waals surface area (Å²) in [5, 5.41) is 12.3. The summed E-state index contributed by atoms with van der Waals surface area (Å²) in [5.74, 6) is 1.64. The second-order valence-electron chi connectivity index (χ2n) is 6.58. The van der Waals surface area contributed by atoms with Crippen LogP contribution in [0.2, 0.25) is 0 Å². The Morgan fingerprint density at radius 3 is 2.38 bits per heavy atom. The Morgan fingerprint density at radius 2 is 1.79 bits per heavy atom. The van der Waals surface area contributed by atoms with Gasteiger partial charge in [0.25, 0.3) is 0 Å². The van der Waals surface area contributed by atoms with Gasteiger partial charge in [0.15, 0.2) is 5.82 Å². The number of sulfonamides is 1. The maximum Gasteiger partial charge on any atom is 0.243 e. The van der Waals surface area contributed by atoms with Gasteiger partial charge in [-0.25, -0.2) is 13.1 Å². The molecule has 0 unspecified atom stereocenters. The van der Waals surface area contributed by atoms with Crippen LogP contribution >= 0.6 is 0 Å². The van der Waals surface area contributed by atoms with Gasteiger partial charge in [0.05, 0.1) is 12.0 Å². The van der Waals surface area contributed by atoms with Crippen LogP contribution < -0.4 is 9.47 Å². The van der Waals surface area contributed by atoms with E-state index in [-0.39, 0.29) is 11.0 Å². The number of ether oxygens (including phenoxy) is 2. The molecule has 4 rings (SSSR count). The number of rotatable bonds is 6. The topological polar surface area (TPSA) is 99.4 Å². The van der Waals surface area contributed by atoms with Crippen LogP contribution in [0.15, 0.2) is 59.8 Å². The van der Waals surface area contributed by atoms with Crippen molar-refractivity contribution < 1.29 is 17.9 Å². The Kier molecular flexibility index (Phi) is 5.45. The van der Waals surface area contributed by atoms with Crippen molar-refractivity contribution in [3.05, 3.63) is 54.9 Å². The summed E-state index contributed by atoms with van der Waals surface area (Å²) >= 11 is 0. The third kappa shape index (κ3) is 4.22. The van der Waals surface area contributed by atoms with E-state index < -0.39 is 10.0 Å². The van der Waals surface area contributed by atoms with Crippen LogP contribution in [-0.2, 0) is 10.0 Å². The third-order valence-electron chi connectivity index (χ3n) is 4.75. The summed E-state index contributed by atoms with van der Waals surface area (Å²) in [5.41, 5.74) is 0. The van der Waals surface area contributed by atoms with Gasteiger partial charge in [-0.15, -0.1) is 10.2 Å². The average Bonchev–Trinajstić information content (AvgIpc) is 3.30. The smallest absolute Gasteiger partial charge is 0.243 e. The second-order valence-corrected chi connectivity index (χ2v) is 8.52. The molecule has 1 aliphatic rings. The van der Waals surface area contributed by atoms with E-state index in [1.54, 1.807) is 66.6 Å². The minimum atomic E-state index is -3.53. The van der Waals surface area contributed by atoms with Gasteiger partial charge >= 0.3 is 0 Å². The average molecular weight is 415 g/mol. The van der Waals surface area contributed by atoms with Gasteiger partial charge < -0.3 is 9.47 Å². The molecular weight excluding hydrogens is 394 g/mol. The molecule has 9 nitrogen and oxygen atoms in total. The zero-order valence-electron chi connectivity index (χ0n) is 15.9. The molecule has 2 aromatic heterocycles. The molecule has 10 heteroatoms. The highest BCUT2D eigenvalue weighted by Crippen LogP contribution is 2.24. The highest BCUT2D eigenvalue weighted by Gasteiger charge is 2.30. The number of aromatic nitrogens is 4. The van der Waals surface area contributed by atoms with Crippen molar-refractivity contribution in [2.75, 3.05) is 20.2 Å². The van der Waals surface area contributed by atoms with Crippen molar-refractivity contribution in [2.24, 2.45) is 0 Å². The van der Waals surface area contributed by atoms with Crippen molar-refractivity contribution in [2.45, 2.75) is 23.8 Å². The molecule has 0 aliphatic carbocycles. The molecule has 29 heavy (non-hydrogen) atoms. The summed E-state index contributed by atoms with van der Waals surface area (Å²) in [6, 6.07) is 11.7. The van der Waals surface area contributed by atoms with Crippen LogP contribution in [0.1, 0.15) is 12.8 Å². The molecule has 3 heterocycles. The number of piperidine rings is 1. The Labute approximate surface area is 168 Å². The molecule has 3 aromatic rings. The number of hydrogen-bond acceptors (Lipinski definition) is 7. The summed E-state index contributed by atoms with van der Waals surface area (Å²) in [6.45, 7) is 0.773. The van der Waals surface area contributed by atoms with Gasteiger partial charge in [0.2, 0.25) is 15.9 Å². The van der Waals surface area contributed by atoms with Gasteiger partial charge in [0.1, 0.15) is 11.9 Å². The second kappa shape index (κ2) is 8.18. The first-order valence-electron chi connectivity index (χ1n) is 9.21. The van der Waals surface area contributed by atoms with Crippen molar-refractivity contribution in [1.29, 1.82) is 0 Å². The number of benzene rings is 1. The molecule has 1 fully saturated rings. The molecule has 0 spiro atoms. The Morgan fingerprint density at radius 1 is 1.03 bits per heavy atom. The standard InChI is InChI=1S/C19H21N5O4S/c1-27-15-3-5-17(6-4-15)29(25,26)23-13-9-16(10-14-23)28-19-8-7-18(21-22-19)24-12-2-11-20-24/h2-8,11-12,16H,9-10,13-14H2,1H3. The quantitative estimate of drug-likeness (QED) is 0.606. The molecule has 1 saturated heterocycles. The van der Waals surface area contributed by atoms with Crippen LogP contribution in [0.3, 0.4) is 0 Å². The minimum absolute atomic E-state index is 0.109. The molecule has 1 aromatic carbocycles. The van der Waals surface area contributed by atoms with Gasteiger partial charge in [-0.3, -0.25) is 0 Å². The predicted molar refractivity (Wildman–Crippen MR) is 105 cm³/mol. The summed E-state index contributed by atoms with van der Waals surface area (Å²) in [7, 11) is -1.98. The molecule has 0 atom stereocenters. The summed E-state index contributed by atoms with van der Waals surface area (Å²) in [4.78, 5) is 0.262. The maximum atomic E-state index is 12.8. The van der Waals surface area contributed by atoms with Gasteiger partial charge in [-0.1, -0.05) is 0 Å². The molecule has 0 radical (unpaired) electrons. The first kappa shape index (κ1) is 19.3. The lowest BCUT2D eigenvalue weighted by atomic mass is 10.1. The fourth-order valence-corrected chi connectivity index (χ4v) is 4.63. The minimum Gasteiger partial charge on any atom is -0.497 e. The lowest BCUT2D eigenvalue weighted by molar-refractivity contribution is 0.128. The molecule has 152 valence electrons. The van der Waals surface area contributed by atoms with Crippen LogP contribution in [0.4, 0.5) is 0 Å². The van der Waals surface area contributed by atoms with E-state index in [0.717, 1.165) is 0 Å². The third-order valence-corrected chi connectivity index (χ3v) is 6.66. The van der Waals surface area contributed by atoms with E-state index in [4.69, 9.17) is 9.47 Å². The van der Waals surface area contributed by atoms with Gasteiger partial charge in [-0.2, -0.15) is 9.40 Å². The molecule has 0 bridgehead atoms. The van der Waals surface area contributed by atoms with E-state index in [2.05, 4.69) is 15.3 Å². The number of nitrogens with zero attached hydrogens (tertiary/aromatic N) is 5. The fraction of sp³-hybridized carbons (Fsp3) is 0.316. The highest BCUT2D eigenvalue weighted by atomic mass is 32.2. The molecular formula is C19H21N5O4S. The van der Waals surface area contributed by atoms with E-state index >= 15 is 0 Å². The van der Waals surface area contributed by atoms with E-state index in [1.165, 1.54) is 4.31 Å². The summed E-state index contributed by atoms with van der Waals surface area (Å²) < 4.78 is 39.7.